The summed E-state index contributed by atoms with van der Waals surface area (Å²) in [6, 6.07) is 5.22. The monoisotopic (exact) mass is 505 g/mol. The van der Waals surface area contributed by atoms with Crippen molar-refractivity contribution in [1.82, 2.24) is 20.2 Å². The number of anilines is 1. The number of nitrogens with zero attached hydrogens (tertiary/aromatic N) is 4. The molecule has 1 saturated heterocycles. The number of pyridine rings is 2. The van der Waals surface area contributed by atoms with Crippen LogP contribution in [0.2, 0.25) is 15.1 Å². The summed E-state index contributed by atoms with van der Waals surface area (Å²) in [7, 11) is 0. The molecule has 0 spiro atoms. The molecule has 1 aliphatic heterocycles. The number of halogens is 4. The highest BCUT2D eigenvalue weighted by molar-refractivity contribution is 6.36. The van der Waals surface area contributed by atoms with Crippen LogP contribution in [-0.2, 0) is 0 Å². The van der Waals surface area contributed by atoms with E-state index in [1.54, 1.807) is 18.3 Å². The Morgan fingerprint density at radius 1 is 1.12 bits per heavy atom. The topological polar surface area (TPSA) is 66.9 Å². The Labute approximate surface area is 204 Å². The first-order valence-corrected chi connectivity index (χ1v) is 11.5. The van der Waals surface area contributed by atoms with Crippen LogP contribution in [0.15, 0.2) is 36.8 Å². The summed E-state index contributed by atoms with van der Waals surface area (Å²) in [5.41, 5.74) is 2.40. The van der Waals surface area contributed by atoms with Crippen LogP contribution in [0.3, 0.4) is 0 Å². The molecule has 6 nitrogen and oxygen atoms in total. The second-order valence-corrected chi connectivity index (χ2v) is 9.26. The van der Waals surface area contributed by atoms with Crippen LogP contribution in [0, 0.1) is 5.82 Å². The number of hydrogen-bond acceptors (Lipinski definition) is 5. The summed E-state index contributed by atoms with van der Waals surface area (Å²) in [6.45, 7) is 4.68. The maximum absolute atomic E-state index is 14.8. The van der Waals surface area contributed by atoms with Gasteiger partial charge in [-0.05, 0) is 38.5 Å². The molecule has 170 valence electrons. The fraction of sp³-hybridized carbons (Fsp3) is 0.261. The van der Waals surface area contributed by atoms with Crippen LogP contribution in [-0.4, -0.2) is 32.8 Å². The standard InChI is InChI=1S/C23H19Cl3FN5O/c1-11-3-4-32(11)23-18(27)5-13(8-29-23)22-14-6-20(15(24)7-19(14)30-31-22)33-12(2)21-16(25)9-28-10-17(21)26/h5-12H,3-4H2,1-2H3,(H,30,31)/t11?,12-/m1/s1. The fourth-order valence-corrected chi connectivity index (χ4v) is 4.87. The van der Waals surface area contributed by atoms with Crippen LogP contribution in [0.1, 0.15) is 31.9 Å². The maximum atomic E-state index is 14.8. The Kier molecular flexibility index (Phi) is 5.80. The minimum atomic E-state index is -0.491. The van der Waals surface area contributed by atoms with Crippen molar-refractivity contribution in [2.45, 2.75) is 32.4 Å². The highest BCUT2D eigenvalue weighted by atomic mass is 35.5. The van der Waals surface area contributed by atoms with Crippen molar-refractivity contribution < 1.29 is 9.13 Å². The number of rotatable bonds is 5. The van der Waals surface area contributed by atoms with Gasteiger partial charge in [-0.15, -0.1) is 0 Å². The summed E-state index contributed by atoms with van der Waals surface area (Å²) in [5, 5.41) is 9.21. The van der Waals surface area contributed by atoms with E-state index in [1.165, 1.54) is 18.5 Å². The van der Waals surface area contributed by atoms with Crippen LogP contribution >= 0.6 is 34.8 Å². The Morgan fingerprint density at radius 2 is 1.88 bits per heavy atom. The predicted octanol–water partition coefficient (Wildman–Crippen LogP) is 6.86. The number of ether oxygens (including phenoxy) is 1. The van der Waals surface area contributed by atoms with Gasteiger partial charge in [-0.3, -0.25) is 10.1 Å². The number of hydrogen-bond donors (Lipinski definition) is 1. The Morgan fingerprint density at radius 3 is 2.52 bits per heavy atom. The van der Waals surface area contributed by atoms with Crippen molar-refractivity contribution in [1.29, 1.82) is 0 Å². The smallest absolute Gasteiger partial charge is 0.166 e. The van der Waals surface area contributed by atoms with Gasteiger partial charge in [0.1, 0.15) is 17.5 Å². The minimum absolute atomic E-state index is 0.287. The number of benzene rings is 1. The molecule has 0 amide bonds. The number of aromatic amines is 1. The lowest BCUT2D eigenvalue weighted by molar-refractivity contribution is 0.227. The molecule has 1 unspecified atom stereocenters. The Bertz CT molecular complexity index is 1340. The van der Waals surface area contributed by atoms with Gasteiger partial charge in [0.15, 0.2) is 11.6 Å². The van der Waals surface area contributed by atoms with E-state index in [1.807, 2.05) is 11.8 Å². The van der Waals surface area contributed by atoms with Crippen LogP contribution in [0.5, 0.6) is 5.75 Å². The van der Waals surface area contributed by atoms with Crippen LogP contribution < -0.4 is 9.64 Å². The Balaban J connectivity index is 1.50. The van der Waals surface area contributed by atoms with Gasteiger partial charge >= 0.3 is 0 Å². The molecule has 1 aromatic carbocycles. The second kappa shape index (κ2) is 8.63. The van der Waals surface area contributed by atoms with Gasteiger partial charge in [-0.25, -0.2) is 9.37 Å². The van der Waals surface area contributed by atoms with Gasteiger partial charge in [0, 0.05) is 47.7 Å². The van der Waals surface area contributed by atoms with E-state index < -0.39 is 6.10 Å². The molecule has 0 aliphatic carbocycles. The van der Waals surface area contributed by atoms with Crippen LogP contribution in [0.25, 0.3) is 22.2 Å². The summed E-state index contributed by atoms with van der Waals surface area (Å²) in [5.74, 6) is 0.406. The first-order chi connectivity index (χ1) is 15.8. The molecule has 33 heavy (non-hydrogen) atoms. The number of H-pyrrole nitrogens is 1. The van der Waals surface area contributed by atoms with Gasteiger partial charge in [0.2, 0.25) is 0 Å². The normalized spacial score (nSPS) is 16.7. The molecule has 0 bridgehead atoms. The molecule has 2 atom stereocenters. The minimum Gasteiger partial charge on any atom is -0.484 e. The van der Waals surface area contributed by atoms with E-state index in [-0.39, 0.29) is 11.9 Å². The average molecular weight is 507 g/mol. The van der Waals surface area contributed by atoms with Crippen molar-refractivity contribution in [2.75, 3.05) is 11.4 Å². The third-order valence-corrected chi connectivity index (χ3v) is 6.80. The largest absolute Gasteiger partial charge is 0.484 e. The number of fused-ring (bicyclic) bond motifs is 1. The van der Waals surface area contributed by atoms with Gasteiger partial charge in [0.25, 0.3) is 0 Å². The Hall–Kier alpha value is -2.61. The lowest BCUT2D eigenvalue weighted by Gasteiger charge is -2.39. The molecular weight excluding hydrogens is 488 g/mol. The van der Waals surface area contributed by atoms with E-state index in [2.05, 4.69) is 27.1 Å². The molecule has 1 fully saturated rings. The lowest BCUT2D eigenvalue weighted by atomic mass is 10.0. The molecule has 3 aromatic heterocycles. The molecule has 5 rings (SSSR count). The zero-order valence-corrected chi connectivity index (χ0v) is 20.0. The van der Waals surface area contributed by atoms with E-state index >= 15 is 0 Å². The van der Waals surface area contributed by atoms with Gasteiger partial charge in [-0.1, -0.05) is 34.8 Å². The first-order valence-electron chi connectivity index (χ1n) is 10.4. The highest BCUT2D eigenvalue weighted by Gasteiger charge is 2.27. The molecule has 0 saturated carbocycles. The zero-order valence-electron chi connectivity index (χ0n) is 17.7. The summed E-state index contributed by atoms with van der Waals surface area (Å²) in [6.07, 6.45) is 5.19. The highest BCUT2D eigenvalue weighted by Crippen LogP contribution is 2.39. The summed E-state index contributed by atoms with van der Waals surface area (Å²) < 4.78 is 21.0. The first kappa shape index (κ1) is 22.2. The number of aromatic nitrogens is 4. The molecule has 0 radical (unpaired) electrons. The van der Waals surface area contributed by atoms with Gasteiger partial charge in [0.05, 0.1) is 20.6 Å². The summed E-state index contributed by atoms with van der Waals surface area (Å²) in [4.78, 5) is 10.3. The van der Waals surface area contributed by atoms with Crippen molar-refractivity contribution in [3.8, 4) is 17.0 Å². The zero-order chi connectivity index (χ0) is 23.3. The molecule has 4 aromatic rings. The molecule has 1 aliphatic rings. The van der Waals surface area contributed by atoms with Crippen molar-refractivity contribution in [3.63, 3.8) is 0 Å². The van der Waals surface area contributed by atoms with Crippen LogP contribution in [0.4, 0.5) is 10.2 Å². The summed E-state index contributed by atoms with van der Waals surface area (Å²) >= 11 is 19.0. The third-order valence-electron chi connectivity index (χ3n) is 5.90. The number of nitrogens with one attached hydrogen (secondary N) is 1. The van der Waals surface area contributed by atoms with E-state index in [9.17, 15) is 4.39 Å². The van der Waals surface area contributed by atoms with Crippen molar-refractivity contribution >= 4 is 51.5 Å². The lowest BCUT2D eigenvalue weighted by Crippen LogP contribution is -2.46. The van der Waals surface area contributed by atoms with E-state index in [0.717, 1.165) is 18.4 Å². The molecule has 1 N–H and O–H groups in total. The van der Waals surface area contributed by atoms with Gasteiger partial charge in [-0.2, -0.15) is 5.10 Å². The molecule has 10 heteroatoms. The SMILES string of the molecule is CC1CCN1c1ncc(-c2n[nH]c3cc(Cl)c(O[C@H](C)c4c(Cl)cncc4Cl)cc23)cc1F. The average Bonchev–Trinajstić information content (AvgIpc) is 3.16. The molecular formula is C23H19Cl3FN5O. The van der Waals surface area contributed by atoms with Gasteiger partial charge < -0.3 is 9.64 Å². The third kappa shape index (κ3) is 3.98. The van der Waals surface area contributed by atoms with Crippen molar-refractivity contribution in [2.24, 2.45) is 0 Å². The van der Waals surface area contributed by atoms with E-state index in [4.69, 9.17) is 39.5 Å². The predicted molar refractivity (Wildman–Crippen MR) is 129 cm³/mol. The van der Waals surface area contributed by atoms with Crippen molar-refractivity contribution in [3.05, 3.63) is 63.2 Å². The fourth-order valence-electron chi connectivity index (χ4n) is 3.99. The van der Waals surface area contributed by atoms with E-state index in [0.29, 0.717) is 49.0 Å². The quantitative estimate of drug-likeness (QED) is 0.320. The second-order valence-electron chi connectivity index (χ2n) is 8.04. The molecule has 4 heterocycles. The maximum Gasteiger partial charge on any atom is 0.166 e.